The molecule has 1 saturated carbocycles. The fraction of sp³-hybridized carbons (Fsp3) is 0.684. The summed E-state index contributed by atoms with van der Waals surface area (Å²) in [6, 6.07) is 3.68. The average molecular weight is 331 g/mol. The third-order valence-electron chi connectivity index (χ3n) is 5.45. The molecule has 0 aromatic carbocycles. The summed E-state index contributed by atoms with van der Waals surface area (Å²) in [7, 11) is 0. The Morgan fingerprint density at radius 3 is 2.75 bits per heavy atom. The van der Waals surface area contributed by atoms with E-state index in [0.717, 1.165) is 45.1 Å². The molecule has 1 N–H and O–H groups in total. The number of aryl methyl sites for hydroxylation is 1. The van der Waals surface area contributed by atoms with Gasteiger partial charge in [0, 0.05) is 43.5 Å². The van der Waals surface area contributed by atoms with E-state index in [4.69, 9.17) is 4.74 Å². The van der Waals surface area contributed by atoms with Crippen LogP contribution in [0.25, 0.3) is 0 Å². The monoisotopic (exact) mass is 331 g/mol. The van der Waals surface area contributed by atoms with E-state index >= 15 is 0 Å². The standard InChI is InChI=1S/C19H29N3O2/c1-16-17(6-5-9-20-16)18(23)21-14-19(7-3-2-4-8-19)15-22-10-12-24-13-11-22/h5-6,9H,2-4,7-8,10-15H2,1H3,(H,21,23). The number of aromatic nitrogens is 1. The number of hydrogen-bond donors (Lipinski definition) is 1. The summed E-state index contributed by atoms with van der Waals surface area (Å²) < 4.78 is 5.47. The van der Waals surface area contributed by atoms with Crippen LogP contribution >= 0.6 is 0 Å². The Kier molecular flexibility index (Phi) is 5.85. The van der Waals surface area contributed by atoms with Crippen molar-refractivity contribution >= 4 is 5.91 Å². The molecule has 5 nitrogen and oxygen atoms in total. The smallest absolute Gasteiger partial charge is 0.253 e. The lowest BCUT2D eigenvalue weighted by atomic mass is 9.73. The minimum absolute atomic E-state index is 0.00697. The van der Waals surface area contributed by atoms with Crippen LogP contribution < -0.4 is 5.32 Å². The molecule has 0 radical (unpaired) electrons. The highest BCUT2D eigenvalue weighted by Crippen LogP contribution is 2.36. The molecule has 1 aromatic heterocycles. The summed E-state index contributed by atoms with van der Waals surface area (Å²) in [5.74, 6) is 0.00697. The van der Waals surface area contributed by atoms with Gasteiger partial charge in [-0.2, -0.15) is 0 Å². The van der Waals surface area contributed by atoms with Gasteiger partial charge in [-0.3, -0.25) is 14.7 Å². The fourth-order valence-corrected chi connectivity index (χ4v) is 4.01. The third-order valence-corrected chi connectivity index (χ3v) is 5.45. The lowest BCUT2D eigenvalue weighted by Gasteiger charge is -2.42. The van der Waals surface area contributed by atoms with Crippen molar-refractivity contribution in [3.63, 3.8) is 0 Å². The summed E-state index contributed by atoms with van der Waals surface area (Å²) >= 11 is 0. The van der Waals surface area contributed by atoms with E-state index in [0.29, 0.717) is 5.56 Å². The fourth-order valence-electron chi connectivity index (χ4n) is 4.01. The van der Waals surface area contributed by atoms with Gasteiger partial charge in [0.15, 0.2) is 0 Å². The lowest BCUT2D eigenvalue weighted by molar-refractivity contribution is 0.00728. The Morgan fingerprint density at radius 1 is 1.29 bits per heavy atom. The molecule has 132 valence electrons. The highest BCUT2D eigenvalue weighted by atomic mass is 16.5. The molecule has 1 aromatic rings. The van der Waals surface area contributed by atoms with Crippen molar-refractivity contribution in [2.45, 2.75) is 39.0 Å². The maximum absolute atomic E-state index is 12.6. The Balaban J connectivity index is 1.63. The second-order valence-electron chi connectivity index (χ2n) is 7.27. The van der Waals surface area contributed by atoms with E-state index in [1.165, 1.54) is 32.1 Å². The number of amides is 1. The van der Waals surface area contributed by atoms with Crippen molar-refractivity contribution in [3.05, 3.63) is 29.6 Å². The zero-order valence-electron chi connectivity index (χ0n) is 14.7. The molecule has 2 heterocycles. The van der Waals surface area contributed by atoms with Crippen molar-refractivity contribution in [2.24, 2.45) is 5.41 Å². The van der Waals surface area contributed by atoms with Gasteiger partial charge in [-0.15, -0.1) is 0 Å². The molecule has 1 amide bonds. The first-order valence-corrected chi connectivity index (χ1v) is 9.19. The number of hydrogen-bond acceptors (Lipinski definition) is 4. The van der Waals surface area contributed by atoms with E-state index in [1.807, 2.05) is 19.1 Å². The minimum atomic E-state index is 0.00697. The topological polar surface area (TPSA) is 54.5 Å². The van der Waals surface area contributed by atoms with E-state index in [2.05, 4.69) is 15.2 Å². The second kappa shape index (κ2) is 8.08. The normalized spacial score (nSPS) is 21.4. The molecule has 1 aliphatic carbocycles. The van der Waals surface area contributed by atoms with E-state index in [-0.39, 0.29) is 11.3 Å². The Morgan fingerprint density at radius 2 is 2.04 bits per heavy atom. The zero-order valence-corrected chi connectivity index (χ0v) is 14.7. The van der Waals surface area contributed by atoms with Gasteiger partial charge in [-0.1, -0.05) is 19.3 Å². The van der Waals surface area contributed by atoms with Crippen molar-refractivity contribution < 1.29 is 9.53 Å². The number of ether oxygens (including phenoxy) is 1. The molecule has 2 fully saturated rings. The number of nitrogens with one attached hydrogen (secondary N) is 1. The molecule has 0 atom stereocenters. The van der Waals surface area contributed by atoms with Crippen LogP contribution in [0, 0.1) is 12.3 Å². The summed E-state index contributed by atoms with van der Waals surface area (Å²) in [4.78, 5) is 19.3. The van der Waals surface area contributed by atoms with Crippen LogP contribution in [0.15, 0.2) is 18.3 Å². The SMILES string of the molecule is Cc1ncccc1C(=O)NCC1(CN2CCOCC2)CCCCC1. The number of pyridine rings is 1. The van der Waals surface area contributed by atoms with Gasteiger partial charge in [-0.05, 0) is 31.9 Å². The number of carbonyl (C=O) groups is 1. The predicted octanol–water partition coefficient (Wildman–Crippen LogP) is 2.40. The summed E-state index contributed by atoms with van der Waals surface area (Å²) in [5.41, 5.74) is 1.69. The molecule has 3 rings (SSSR count). The molecule has 2 aliphatic rings. The zero-order chi connectivity index (χ0) is 16.8. The maximum Gasteiger partial charge on any atom is 0.253 e. The molecule has 5 heteroatoms. The van der Waals surface area contributed by atoms with Crippen LogP contribution in [0.5, 0.6) is 0 Å². The average Bonchev–Trinajstić information content (AvgIpc) is 2.62. The predicted molar refractivity (Wildman–Crippen MR) is 94.1 cm³/mol. The molecular formula is C19H29N3O2. The highest BCUT2D eigenvalue weighted by Gasteiger charge is 2.34. The summed E-state index contributed by atoms with van der Waals surface area (Å²) in [6.07, 6.45) is 8.00. The van der Waals surface area contributed by atoms with E-state index in [1.54, 1.807) is 6.20 Å². The molecule has 1 aliphatic heterocycles. The number of carbonyl (C=O) groups excluding carboxylic acids is 1. The van der Waals surface area contributed by atoms with E-state index in [9.17, 15) is 4.79 Å². The Hall–Kier alpha value is -1.46. The molecule has 24 heavy (non-hydrogen) atoms. The van der Waals surface area contributed by atoms with Crippen LogP contribution in [-0.2, 0) is 4.74 Å². The van der Waals surface area contributed by atoms with Crippen molar-refractivity contribution in [1.82, 2.24) is 15.2 Å². The van der Waals surface area contributed by atoms with Gasteiger partial charge in [0.05, 0.1) is 18.8 Å². The number of nitrogens with zero attached hydrogens (tertiary/aromatic N) is 2. The van der Waals surface area contributed by atoms with Crippen LogP contribution in [0.1, 0.15) is 48.2 Å². The van der Waals surface area contributed by atoms with Gasteiger partial charge in [-0.25, -0.2) is 0 Å². The lowest BCUT2D eigenvalue weighted by Crippen LogP contribution is -2.49. The van der Waals surface area contributed by atoms with Gasteiger partial charge in [0.2, 0.25) is 0 Å². The Labute approximate surface area is 144 Å². The maximum atomic E-state index is 12.6. The summed E-state index contributed by atoms with van der Waals surface area (Å²) in [6.45, 7) is 7.41. The van der Waals surface area contributed by atoms with Crippen LogP contribution in [-0.4, -0.2) is 55.2 Å². The molecule has 0 unspecified atom stereocenters. The second-order valence-corrected chi connectivity index (χ2v) is 7.27. The van der Waals surface area contributed by atoms with Crippen molar-refractivity contribution in [3.8, 4) is 0 Å². The van der Waals surface area contributed by atoms with Crippen LogP contribution in [0.4, 0.5) is 0 Å². The summed E-state index contributed by atoms with van der Waals surface area (Å²) in [5, 5.41) is 3.20. The highest BCUT2D eigenvalue weighted by molar-refractivity contribution is 5.95. The van der Waals surface area contributed by atoms with E-state index < -0.39 is 0 Å². The molecule has 0 bridgehead atoms. The number of rotatable bonds is 5. The first kappa shape index (κ1) is 17.4. The van der Waals surface area contributed by atoms with Crippen molar-refractivity contribution in [2.75, 3.05) is 39.4 Å². The van der Waals surface area contributed by atoms with Gasteiger partial charge in [0.25, 0.3) is 5.91 Å². The Bertz CT molecular complexity index is 549. The van der Waals surface area contributed by atoms with Crippen LogP contribution in [0.2, 0.25) is 0 Å². The van der Waals surface area contributed by atoms with Gasteiger partial charge >= 0.3 is 0 Å². The van der Waals surface area contributed by atoms with Gasteiger partial charge in [0.1, 0.15) is 0 Å². The largest absolute Gasteiger partial charge is 0.379 e. The molecule has 1 saturated heterocycles. The van der Waals surface area contributed by atoms with Gasteiger partial charge < -0.3 is 10.1 Å². The van der Waals surface area contributed by atoms with Crippen molar-refractivity contribution in [1.29, 1.82) is 0 Å². The quantitative estimate of drug-likeness (QED) is 0.900. The van der Waals surface area contributed by atoms with Crippen LogP contribution in [0.3, 0.4) is 0 Å². The molecular weight excluding hydrogens is 302 g/mol. The minimum Gasteiger partial charge on any atom is -0.379 e. The first-order chi connectivity index (χ1) is 11.7. The number of morpholine rings is 1. The first-order valence-electron chi connectivity index (χ1n) is 9.19. The molecule has 0 spiro atoms. The third kappa shape index (κ3) is 4.33.